The van der Waals surface area contributed by atoms with E-state index in [0.29, 0.717) is 10.4 Å². The molecule has 0 aliphatic heterocycles. The molecule has 1 N–H and O–H groups in total. The molecule has 3 aromatic rings. The maximum atomic E-state index is 13.6. The van der Waals surface area contributed by atoms with Crippen LogP contribution < -0.4 is 5.32 Å². The Hall–Kier alpha value is -2.51. The molecule has 1 amide bonds. The van der Waals surface area contributed by atoms with E-state index in [4.69, 9.17) is 0 Å². The number of carbonyl (C=O) groups excluding carboxylic acids is 1. The molecule has 0 aliphatic rings. The number of halogens is 1. The van der Waals surface area contributed by atoms with Crippen molar-refractivity contribution < 1.29 is 17.6 Å². The Morgan fingerprint density at radius 2 is 1.89 bits per heavy atom. The third-order valence-electron chi connectivity index (χ3n) is 4.42. The van der Waals surface area contributed by atoms with Crippen LogP contribution in [0.3, 0.4) is 0 Å². The number of amides is 1. The lowest BCUT2D eigenvalue weighted by Gasteiger charge is -2.18. The second-order valence-corrected chi connectivity index (χ2v) is 9.65. The first-order valence-electron chi connectivity index (χ1n) is 8.67. The van der Waals surface area contributed by atoms with Crippen molar-refractivity contribution in [3.05, 3.63) is 87.4 Å². The van der Waals surface area contributed by atoms with Crippen molar-refractivity contribution in [1.82, 2.24) is 5.32 Å². The highest BCUT2D eigenvalue weighted by atomic mass is 32.2. The number of hydrogen-bond donors (Lipinski definition) is 1. The first-order valence-corrected chi connectivity index (χ1v) is 11.1. The van der Waals surface area contributed by atoms with Gasteiger partial charge in [-0.3, -0.25) is 4.79 Å². The van der Waals surface area contributed by atoms with Gasteiger partial charge in [-0.2, -0.15) is 0 Å². The Bertz CT molecular complexity index is 1090. The molecule has 0 saturated carbocycles. The molecule has 3 rings (SSSR count). The van der Waals surface area contributed by atoms with Crippen LogP contribution in [0.15, 0.2) is 64.9 Å². The highest BCUT2D eigenvalue weighted by molar-refractivity contribution is 7.91. The van der Waals surface area contributed by atoms with Crippen molar-refractivity contribution in [2.75, 3.05) is 6.54 Å². The molecule has 0 aliphatic carbocycles. The van der Waals surface area contributed by atoms with Crippen molar-refractivity contribution in [3.8, 4) is 0 Å². The number of sulfone groups is 1. The monoisotopic (exact) mass is 417 g/mol. The smallest absolute Gasteiger partial charge is 0.251 e. The van der Waals surface area contributed by atoms with Crippen molar-refractivity contribution in [2.45, 2.75) is 24.0 Å². The fourth-order valence-electron chi connectivity index (χ4n) is 2.87. The van der Waals surface area contributed by atoms with Crippen LogP contribution in [0.4, 0.5) is 4.39 Å². The summed E-state index contributed by atoms with van der Waals surface area (Å²) >= 11 is 1.31. The molecule has 0 radical (unpaired) electrons. The van der Waals surface area contributed by atoms with E-state index in [9.17, 15) is 17.6 Å². The van der Waals surface area contributed by atoms with Gasteiger partial charge in [0.2, 0.25) is 0 Å². The summed E-state index contributed by atoms with van der Waals surface area (Å²) in [6, 6.07) is 14.3. The fourth-order valence-corrected chi connectivity index (χ4v) is 5.74. The van der Waals surface area contributed by atoms with Crippen molar-refractivity contribution in [3.63, 3.8) is 0 Å². The quantitative estimate of drug-likeness (QED) is 0.603. The molecule has 0 saturated heterocycles. The number of thiophene rings is 1. The van der Waals surface area contributed by atoms with Gasteiger partial charge in [0.15, 0.2) is 9.84 Å². The van der Waals surface area contributed by atoms with E-state index in [1.165, 1.54) is 30.4 Å². The predicted octanol–water partition coefficient (Wildman–Crippen LogP) is 4.45. The zero-order valence-electron chi connectivity index (χ0n) is 15.5. The summed E-state index contributed by atoms with van der Waals surface area (Å²) in [7, 11) is -3.82. The molecule has 7 heteroatoms. The Balaban J connectivity index is 1.89. The van der Waals surface area contributed by atoms with Crippen LogP contribution in [0.1, 0.15) is 31.6 Å². The lowest BCUT2D eigenvalue weighted by molar-refractivity contribution is 0.0953. The molecule has 4 nitrogen and oxygen atoms in total. The molecular formula is C21H20FNO3S2. The molecule has 1 atom stereocenters. The highest BCUT2D eigenvalue weighted by Gasteiger charge is 2.31. The zero-order valence-corrected chi connectivity index (χ0v) is 17.1. The molecule has 28 heavy (non-hydrogen) atoms. The van der Waals surface area contributed by atoms with Crippen molar-refractivity contribution in [1.29, 1.82) is 0 Å². The second kappa shape index (κ2) is 8.24. The van der Waals surface area contributed by atoms with E-state index in [2.05, 4.69) is 5.32 Å². The predicted molar refractivity (Wildman–Crippen MR) is 109 cm³/mol. The molecule has 0 bridgehead atoms. The molecule has 1 heterocycles. The van der Waals surface area contributed by atoms with E-state index < -0.39 is 20.9 Å². The molecule has 1 unspecified atom stereocenters. The minimum Gasteiger partial charge on any atom is -0.350 e. The summed E-state index contributed by atoms with van der Waals surface area (Å²) in [5, 5.41) is 3.57. The maximum Gasteiger partial charge on any atom is 0.251 e. The Morgan fingerprint density at radius 1 is 1.11 bits per heavy atom. The van der Waals surface area contributed by atoms with Gasteiger partial charge < -0.3 is 5.32 Å². The van der Waals surface area contributed by atoms with Gasteiger partial charge in [0.05, 0.1) is 4.90 Å². The second-order valence-electron chi connectivity index (χ2n) is 6.54. The van der Waals surface area contributed by atoms with Crippen LogP contribution in [0.5, 0.6) is 0 Å². The standard InChI is InChI=1S/C21H20FNO3S2/c1-14-5-3-6-16(11-14)21(24)23-13-20(19-7-4-10-27-19)28(25,26)17-8-9-18(22)15(2)12-17/h3-12,20H,13H2,1-2H3,(H,23,24). The number of hydrogen-bond acceptors (Lipinski definition) is 4. The molecular weight excluding hydrogens is 397 g/mol. The Morgan fingerprint density at radius 3 is 2.54 bits per heavy atom. The largest absolute Gasteiger partial charge is 0.350 e. The molecule has 0 spiro atoms. The number of rotatable bonds is 6. The van der Waals surface area contributed by atoms with Crippen LogP contribution in [0.25, 0.3) is 0 Å². The van der Waals surface area contributed by atoms with E-state index in [1.54, 1.807) is 35.7 Å². The van der Waals surface area contributed by atoms with E-state index >= 15 is 0 Å². The lowest BCUT2D eigenvalue weighted by Crippen LogP contribution is -2.31. The van der Waals surface area contributed by atoms with Crippen LogP contribution >= 0.6 is 11.3 Å². The normalized spacial score (nSPS) is 12.5. The zero-order chi connectivity index (χ0) is 20.3. The Labute approximate surface area is 168 Å². The number of carbonyl (C=O) groups is 1. The van der Waals surface area contributed by atoms with Crippen molar-refractivity contribution >= 4 is 27.1 Å². The summed E-state index contributed by atoms with van der Waals surface area (Å²) in [5.74, 6) is -0.796. The fraction of sp³-hybridized carbons (Fsp3) is 0.190. The van der Waals surface area contributed by atoms with Crippen LogP contribution in [0, 0.1) is 19.7 Å². The van der Waals surface area contributed by atoms with E-state index in [-0.39, 0.29) is 22.9 Å². The van der Waals surface area contributed by atoms with E-state index in [0.717, 1.165) is 11.6 Å². The van der Waals surface area contributed by atoms with Gasteiger partial charge in [0, 0.05) is 17.0 Å². The van der Waals surface area contributed by atoms with Gasteiger partial charge in [-0.15, -0.1) is 11.3 Å². The summed E-state index contributed by atoms with van der Waals surface area (Å²) < 4.78 is 40.0. The van der Waals surface area contributed by atoms with Gasteiger partial charge in [0.1, 0.15) is 11.1 Å². The van der Waals surface area contributed by atoms with E-state index in [1.807, 2.05) is 13.0 Å². The van der Waals surface area contributed by atoms with Gasteiger partial charge >= 0.3 is 0 Å². The summed E-state index contributed by atoms with van der Waals surface area (Å²) in [5.41, 5.74) is 1.67. The first kappa shape index (κ1) is 20.2. The summed E-state index contributed by atoms with van der Waals surface area (Å²) in [6.45, 7) is 3.33. The summed E-state index contributed by atoms with van der Waals surface area (Å²) in [4.78, 5) is 13.1. The van der Waals surface area contributed by atoms with Gasteiger partial charge in [0.25, 0.3) is 5.91 Å². The topological polar surface area (TPSA) is 63.2 Å². The lowest BCUT2D eigenvalue weighted by atomic mass is 10.1. The SMILES string of the molecule is Cc1cccc(C(=O)NCC(c2cccs2)S(=O)(=O)c2ccc(F)c(C)c2)c1. The van der Waals surface area contributed by atoms with Gasteiger partial charge in [-0.05, 0) is 61.2 Å². The molecule has 1 aromatic heterocycles. The highest BCUT2D eigenvalue weighted by Crippen LogP contribution is 2.32. The third kappa shape index (κ3) is 4.31. The molecule has 0 fully saturated rings. The van der Waals surface area contributed by atoms with Gasteiger partial charge in [-0.25, -0.2) is 12.8 Å². The Kier molecular flexibility index (Phi) is 5.96. The minimum atomic E-state index is -3.82. The first-order chi connectivity index (χ1) is 13.3. The number of benzene rings is 2. The minimum absolute atomic E-state index is 0.0367. The van der Waals surface area contributed by atoms with Crippen LogP contribution in [-0.4, -0.2) is 20.9 Å². The average Bonchev–Trinajstić information content (AvgIpc) is 3.18. The third-order valence-corrected chi connectivity index (χ3v) is 7.64. The molecule has 146 valence electrons. The number of aryl methyl sites for hydroxylation is 2. The molecule has 2 aromatic carbocycles. The summed E-state index contributed by atoms with van der Waals surface area (Å²) in [6.07, 6.45) is 0. The number of nitrogens with one attached hydrogen (secondary N) is 1. The average molecular weight is 418 g/mol. The maximum absolute atomic E-state index is 13.6. The van der Waals surface area contributed by atoms with Gasteiger partial charge in [-0.1, -0.05) is 23.8 Å². The van der Waals surface area contributed by atoms with Crippen LogP contribution in [0.2, 0.25) is 0 Å². The van der Waals surface area contributed by atoms with Crippen LogP contribution in [-0.2, 0) is 9.84 Å². The van der Waals surface area contributed by atoms with Crippen molar-refractivity contribution in [2.24, 2.45) is 0 Å².